The molecule has 0 saturated carbocycles. The summed E-state index contributed by atoms with van der Waals surface area (Å²) in [6.07, 6.45) is 6.30. The SMILES string of the molecule is CSC(=N)C1=C(N)CCCC1. The van der Waals surface area contributed by atoms with Crippen molar-refractivity contribution in [1.29, 1.82) is 5.41 Å². The Bertz CT molecular complexity index is 196. The Hall–Kier alpha value is -0.440. The van der Waals surface area contributed by atoms with Crippen LogP contribution in [-0.2, 0) is 0 Å². The second-order valence-corrected chi connectivity index (χ2v) is 3.56. The monoisotopic (exact) mass is 170 g/mol. The smallest absolute Gasteiger partial charge is 0.0916 e. The highest BCUT2D eigenvalue weighted by Crippen LogP contribution is 2.24. The van der Waals surface area contributed by atoms with Gasteiger partial charge in [0, 0.05) is 11.3 Å². The van der Waals surface area contributed by atoms with E-state index in [-0.39, 0.29) is 0 Å². The van der Waals surface area contributed by atoms with Gasteiger partial charge in [-0.1, -0.05) is 0 Å². The Labute approximate surface area is 71.7 Å². The van der Waals surface area contributed by atoms with Crippen LogP contribution in [-0.4, -0.2) is 11.3 Å². The van der Waals surface area contributed by atoms with Crippen molar-refractivity contribution in [3.8, 4) is 0 Å². The second-order valence-electron chi connectivity index (χ2n) is 2.74. The zero-order chi connectivity index (χ0) is 8.27. The second kappa shape index (κ2) is 3.81. The number of nitrogens with one attached hydrogen (secondary N) is 1. The van der Waals surface area contributed by atoms with Gasteiger partial charge in [-0.15, -0.1) is 11.8 Å². The molecule has 1 aliphatic carbocycles. The number of rotatable bonds is 1. The normalized spacial score (nSPS) is 18.6. The molecule has 0 atom stereocenters. The van der Waals surface area contributed by atoms with Gasteiger partial charge < -0.3 is 5.73 Å². The molecule has 11 heavy (non-hydrogen) atoms. The molecule has 0 aromatic rings. The third-order valence-corrected chi connectivity index (χ3v) is 2.64. The molecular weight excluding hydrogens is 156 g/mol. The van der Waals surface area contributed by atoms with E-state index in [2.05, 4.69) is 0 Å². The van der Waals surface area contributed by atoms with E-state index in [4.69, 9.17) is 11.1 Å². The van der Waals surface area contributed by atoms with Gasteiger partial charge in [0.1, 0.15) is 0 Å². The Balaban J connectivity index is 2.74. The first-order valence-corrected chi connectivity index (χ1v) is 5.08. The quantitative estimate of drug-likeness (QED) is 0.468. The molecule has 0 amide bonds. The van der Waals surface area contributed by atoms with E-state index in [0.717, 1.165) is 24.1 Å². The summed E-state index contributed by atoms with van der Waals surface area (Å²) < 4.78 is 0. The number of hydrogen-bond donors (Lipinski definition) is 2. The maximum atomic E-state index is 7.59. The van der Waals surface area contributed by atoms with Crippen molar-refractivity contribution in [2.75, 3.05) is 6.26 Å². The molecule has 1 rings (SSSR count). The van der Waals surface area contributed by atoms with Gasteiger partial charge in [-0.25, -0.2) is 0 Å². The summed E-state index contributed by atoms with van der Waals surface area (Å²) in [7, 11) is 0. The van der Waals surface area contributed by atoms with Crippen LogP contribution < -0.4 is 5.73 Å². The lowest BCUT2D eigenvalue weighted by Gasteiger charge is -2.16. The zero-order valence-electron chi connectivity index (χ0n) is 6.81. The molecule has 2 nitrogen and oxygen atoms in total. The Morgan fingerprint density at radius 3 is 2.64 bits per heavy atom. The molecule has 0 bridgehead atoms. The standard InChI is InChI=1S/C8H14N2S/c1-11-8(10)6-4-2-3-5-7(6)9/h10H,2-5,9H2,1H3. The predicted molar refractivity (Wildman–Crippen MR) is 50.9 cm³/mol. The van der Waals surface area contributed by atoms with E-state index in [9.17, 15) is 0 Å². The van der Waals surface area contributed by atoms with Gasteiger partial charge >= 0.3 is 0 Å². The minimum absolute atomic E-state index is 0.655. The van der Waals surface area contributed by atoms with E-state index >= 15 is 0 Å². The van der Waals surface area contributed by atoms with Crippen molar-refractivity contribution in [3.05, 3.63) is 11.3 Å². The average Bonchev–Trinajstić information content (AvgIpc) is 2.04. The summed E-state index contributed by atoms with van der Waals surface area (Å²) in [5, 5.41) is 8.24. The molecule has 3 N–H and O–H groups in total. The third kappa shape index (κ3) is 1.99. The number of thioether (sulfide) groups is 1. The summed E-state index contributed by atoms with van der Waals surface area (Å²) in [4.78, 5) is 0. The van der Waals surface area contributed by atoms with Crippen molar-refractivity contribution >= 4 is 16.8 Å². The van der Waals surface area contributed by atoms with Crippen LogP contribution in [0.5, 0.6) is 0 Å². The van der Waals surface area contributed by atoms with E-state index in [1.807, 2.05) is 6.26 Å². The van der Waals surface area contributed by atoms with Crippen LogP contribution in [0.2, 0.25) is 0 Å². The van der Waals surface area contributed by atoms with Gasteiger partial charge in [-0.05, 0) is 31.9 Å². The first-order chi connectivity index (χ1) is 5.25. The molecule has 0 fully saturated rings. The van der Waals surface area contributed by atoms with E-state index in [0.29, 0.717) is 5.04 Å². The molecule has 0 saturated heterocycles. The van der Waals surface area contributed by atoms with Gasteiger partial charge in [0.05, 0.1) is 5.04 Å². The molecule has 3 heteroatoms. The van der Waals surface area contributed by atoms with Crippen LogP contribution in [0.4, 0.5) is 0 Å². The summed E-state index contributed by atoms with van der Waals surface area (Å²) in [5.41, 5.74) is 7.81. The van der Waals surface area contributed by atoms with Crippen molar-refractivity contribution < 1.29 is 0 Å². The number of hydrogen-bond acceptors (Lipinski definition) is 3. The number of allylic oxidation sites excluding steroid dienone is 1. The number of nitrogens with two attached hydrogens (primary N) is 1. The summed E-state index contributed by atoms with van der Waals surface area (Å²) >= 11 is 1.48. The van der Waals surface area contributed by atoms with Crippen molar-refractivity contribution in [2.45, 2.75) is 25.7 Å². The van der Waals surface area contributed by atoms with Gasteiger partial charge in [0.15, 0.2) is 0 Å². The maximum Gasteiger partial charge on any atom is 0.0916 e. The minimum Gasteiger partial charge on any atom is -0.402 e. The molecule has 0 radical (unpaired) electrons. The largest absolute Gasteiger partial charge is 0.402 e. The summed E-state index contributed by atoms with van der Waals surface area (Å²) in [6, 6.07) is 0. The van der Waals surface area contributed by atoms with Gasteiger partial charge in [-0.3, -0.25) is 5.41 Å². The molecule has 0 heterocycles. The fraction of sp³-hybridized carbons (Fsp3) is 0.625. The van der Waals surface area contributed by atoms with Crippen LogP contribution in [0.3, 0.4) is 0 Å². The van der Waals surface area contributed by atoms with Crippen LogP contribution in [0.25, 0.3) is 0 Å². The maximum absolute atomic E-state index is 7.59. The van der Waals surface area contributed by atoms with Gasteiger partial charge in [0.2, 0.25) is 0 Å². The van der Waals surface area contributed by atoms with E-state index < -0.39 is 0 Å². The Morgan fingerprint density at radius 2 is 2.09 bits per heavy atom. The van der Waals surface area contributed by atoms with Gasteiger partial charge in [-0.2, -0.15) is 0 Å². The lowest BCUT2D eigenvalue weighted by Crippen LogP contribution is -2.12. The lowest BCUT2D eigenvalue weighted by atomic mass is 9.97. The van der Waals surface area contributed by atoms with Crippen molar-refractivity contribution in [1.82, 2.24) is 0 Å². The molecule has 62 valence electrons. The molecular formula is C8H14N2S. The van der Waals surface area contributed by atoms with Crippen molar-refractivity contribution in [3.63, 3.8) is 0 Å². The fourth-order valence-electron chi connectivity index (χ4n) is 1.31. The minimum atomic E-state index is 0.655. The van der Waals surface area contributed by atoms with Crippen LogP contribution in [0, 0.1) is 5.41 Å². The lowest BCUT2D eigenvalue weighted by molar-refractivity contribution is 0.683. The zero-order valence-corrected chi connectivity index (χ0v) is 7.63. The van der Waals surface area contributed by atoms with E-state index in [1.165, 1.54) is 24.6 Å². The van der Waals surface area contributed by atoms with Crippen molar-refractivity contribution in [2.24, 2.45) is 5.73 Å². The van der Waals surface area contributed by atoms with Gasteiger partial charge in [0.25, 0.3) is 0 Å². The van der Waals surface area contributed by atoms with E-state index in [1.54, 1.807) is 0 Å². The molecule has 0 aromatic heterocycles. The fourth-order valence-corrected chi connectivity index (χ4v) is 1.79. The Kier molecular flexibility index (Phi) is 3.00. The first-order valence-electron chi connectivity index (χ1n) is 3.86. The highest BCUT2D eigenvalue weighted by molar-refractivity contribution is 8.13. The highest BCUT2D eigenvalue weighted by atomic mass is 32.2. The summed E-state index contributed by atoms with van der Waals surface area (Å²) in [6.45, 7) is 0. The Morgan fingerprint density at radius 1 is 1.45 bits per heavy atom. The molecule has 0 aliphatic heterocycles. The molecule has 0 aromatic carbocycles. The third-order valence-electron chi connectivity index (χ3n) is 1.99. The highest BCUT2D eigenvalue weighted by Gasteiger charge is 2.12. The topological polar surface area (TPSA) is 49.9 Å². The van der Waals surface area contributed by atoms with Crippen LogP contribution in [0.1, 0.15) is 25.7 Å². The predicted octanol–water partition coefficient (Wildman–Crippen LogP) is 2.11. The van der Waals surface area contributed by atoms with Crippen LogP contribution in [0.15, 0.2) is 11.3 Å². The summed E-state index contributed by atoms with van der Waals surface area (Å²) in [5.74, 6) is 0. The first kappa shape index (κ1) is 8.65. The molecule has 1 aliphatic rings. The van der Waals surface area contributed by atoms with Crippen LogP contribution >= 0.6 is 11.8 Å². The molecule has 0 spiro atoms. The average molecular weight is 170 g/mol. The molecule has 0 unspecified atom stereocenters.